The van der Waals surface area contributed by atoms with E-state index in [-0.39, 0.29) is 5.91 Å². The van der Waals surface area contributed by atoms with E-state index in [1.54, 1.807) is 11.3 Å². The van der Waals surface area contributed by atoms with E-state index in [9.17, 15) is 4.79 Å². The Hall–Kier alpha value is -0.870. The van der Waals surface area contributed by atoms with Gasteiger partial charge in [-0.3, -0.25) is 4.79 Å². The highest BCUT2D eigenvalue weighted by atomic mass is 32.1. The van der Waals surface area contributed by atoms with E-state index in [2.05, 4.69) is 17.6 Å². The van der Waals surface area contributed by atoms with Crippen molar-refractivity contribution >= 4 is 17.2 Å². The first kappa shape index (κ1) is 14.1. The molecule has 1 amide bonds. The van der Waals surface area contributed by atoms with Crippen LogP contribution in [0.5, 0.6) is 0 Å². The molecular formula is C16H24N2OS. The number of carbonyl (C=O) groups excluding carboxylic acids is 1. The second-order valence-corrected chi connectivity index (χ2v) is 7.54. The van der Waals surface area contributed by atoms with Gasteiger partial charge >= 0.3 is 0 Å². The van der Waals surface area contributed by atoms with Gasteiger partial charge in [0.1, 0.15) is 0 Å². The van der Waals surface area contributed by atoms with Crippen molar-refractivity contribution in [1.29, 1.82) is 0 Å². The van der Waals surface area contributed by atoms with Crippen molar-refractivity contribution in [3.63, 3.8) is 0 Å². The molecule has 0 spiro atoms. The first-order valence-electron chi connectivity index (χ1n) is 7.80. The summed E-state index contributed by atoms with van der Waals surface area (Å²) < 4.78 is 0. The molecule has 1 unspecified atom stereocenters. The van der Waals surface area contributed by atoms with Gasteiger partial charge < -0.3 is 10.6 Å². The predicted molar refractivity (Wildman–Crippen MR) is 83.2 cm³/mol. The van der Waals surface area contributed by atoms with Crippen molar-refractivity contribution in [2.45, 2.75) is 45.1 Å². The molecule has 1 aliphatic carbocycles. The first-order valence-corrected chi connectivity index (χ1v) is 8.62. The van der Waals surface area contributed by atoms with Crippen LogP contribution in [0.3, 0.4) is 0 Å². The Balaban J connectivity index is 1.58. The molecule has 1 saturated carbocycles. The maximum atomic E-state index is 12.3. The summed E-state index contributed by atoms with van der Waals surface area (Å²) in [4.78, 5) is 14.4. The number of thiophene rings is 1. The summed E-state index contributed by atoms with van der Waals surface area (Å²) in [6.07, 6.45) is 6.27. The van der Waals surface area contributed by atoms with Crippen molar-refractivity contribution in [1.82, 2.24) is 10.6 Å². The van der Waals surface area contributed by atoms with Crippen molar-refractivity contribution < 1.29 is 4.79 Å². The summed E-state index contributed by atoms with van der Waals surface area (Å²) in [5, 5.41) is 6.72. The first-order chi connectivity index (χ1) is 9.72. The molecule has 1 atom stereocenters. The molecule has 0 bridgehead atoms. The van der Waals surface area contributed by atoms with Gasteiger partial charge in [-0.15, -0.1) is 11.3 Å². The standard InChI is InChI=1S/C16H24N2OS/c1-11-2-5-15(20-11)16(19)18-14(13-3-4-13)10-12-6-8-17-9-7-12/h2,5,12-14,17H,3-4,6-10H2,1H3,(H,18,19). The lowest BCUT2D eigenvalue weighted by Crippen LogP contribution is -2.39. The van der Waals surface area contributed by atoms with Gasteiger partial charge in [-0.25, -0.2) is 0 Å². The molecule has 3 rings (SSSR count). The molecular weight excluding hydrogens is 268 g/mol. The molecule has 0 aromatic carbocycles. The molecule has 1 aromatic rings. The van der Waals surface area contributed by atoms with E-state index in [0.29, 0.717) is 6.04 Å². The third-order valence-corrected chi connectivity index (χ3v) is 5.52. The van der Waals surface area contributed by atoms with E-state index >= 15 is 0 Å². The fourth-order valence-electron chi connectivity index (χ4n) is 3.14. The normalized spacial score (nSPS) is 21.6. The second-order valence-electron chi connectivity index (χ2n) is 6.26. The Morgan fingerprint density at radius 1 is 1.35 bits per heavy atom. The smallest absolute Gasteiger partial charge is 0.261 e. The van der Waals surface area contributed by atoms with Gasteiger partial charge in [0, 0.05) is 10.9 Å². The van der Waals surface area contributed by atoms with E-state index in [1.807, 2.05) is 12.1 Å². The third kappa shape index (κ3) is 3.61. The minimum absolute atomic E-state index is 0.133. The molecule has 2 N–H and O–H groups in total. The lowest BCUT2D eigenvalue weighted by molar-refractivity contribution is 0.0927. The fourth-order valence-corrected chi connectivity index (χ4v) is 3.91. The molecule has 1 aliphatic heterocycles. The van der Waals surface area contributed by atoms with Crippen LogP contribution in [0.15, 0.2) is 12.1 Å². The molecule has 1 saturated heterocycles. The summed E-state index contributed by atoms with van der Waals surface area (Å²) in [6.45, 7) is 4.33. The van der Waals surface area contributed by atoms with Gasteiger partial charge in [0.05, 0.1) is 4.88 Å². The lowest BCUT2D eigenvalue weighted by Gasteiger charge is -2.27. The summed E-state index contributed by atoms with van der Waals surface area (Å²) >= 11 is 1.59. The van der Waals surface area contributed by atoms with E-state index in [4.69, 9.17) is 0 Å². The number of rotatable bonds is 5. The van der Waals surface area contributed by atoms with Crippen LogP contribution in [0, 0.1) is 18.8 Å². The molecule has 110 valence electrons. The maximum absolute atomic E-state index is 12.3. The number of hydrogen-bond donors (Lipinski definition) is 2. The van der Waals surface area contributed by atoms with Crippen LogP contribution < -0.4 is 10.6 Å². The average molecular weight is 292 g/mol. The van der Waals surface area contributed by atoms with Crippen LogP contribution in [0.1, 0.15) is 46.7 Å². The van der Waals surface area contributed by atoms with Crippen LogP contribution in [0.25, 0.3) is 0 Å². The van der Waals surface area contributed by atoms with Crippen molar-refractivity contribution in [2.24, 2.45) is 11.8 Å². The highest BCUT2D eigenvalue weighted by Gasteiger charge is 2.34. The molecule has 4 heteroatoms. The van der Waals surface area contributed by atoms with Crippen LogP contribution in [0.2, 0.25) is 0 Å². The quantitative estimate of drug-likeness (QED) is 0.876. The molecule has 3 nitrogen and oxygen atoms in total. The molecule has 2 fully saturated rings. The lowest BCUT2D eigenvalue weighted by atomic mass is 9.89. The number of nitrogens with one attached hydrogen (secondary N) is 2. The van der Waals surface area contributed by atoms with Crippen molar-refractivity contribution in [2.75, 3.05) is 13.1 Å². The van der Waals surface area contributed by atoms with Gasteiger partial charge in [-0.1, -0.05) is 0 Å². The maximum Gasteiger partial charge on any atom is 0.261 e. The summed E-state index contributed by atoms with van der Waals surface area (Å²) in [7, 11) is 0. The number of piperidine rings is 1. The van der Waals surface area contributed by atoms with Gasteiger partial charge in [0.15, 0.2) is 0 Å². The average Bonchev–Trinajstić information content (AvgIpc) is 3.21. The zero-order valence-electron chi connectivity index (χ0n) is 12.2. The zero-order valence-corrected chi connectivity index (χ0v) is 13.0. The highest BCUT2D eigenvalue weighted by Crippen LogP contribution is 2.36. The Kier molecular flexibility index (Phi) is 4.41. The Labute approximate surface area is 125 Å². The summed E-state index contributed by atoms with van der Waals surface area (Å²) in [5.74, 6) is 1.65. The van der Waals surface area contributed by atoms with Crippen LogP contribution in [-0.4, -0.2) is 25.0 Å². The summed E-state index contributed by atoms with van der Waals surface area (Å²) in [6, 6.07) is 4.37. The minimum Gasteiger partial charge on any atom is -0.348 e. The van der Waals surface area contributed by atoms with E-state index < -0.39 is 0 Å². The van der Waals surface area contributed by atoms with Crippen LogP contribution in [0.4, 0.5) is 0 Å². The minimum atomic E-state index is 0.133. The predicted octanol–water partition coefficient (Wildman–Crippen LogP) is 2.95. The van der Waals surface area contributed by atoms with Crippen LogP contribution >= 0.6 is 11.3 Å². The Morgan fingerprint density at radius 2 is 2.10 bits per heavy atom. The molecule has 1 aromatic heterocycles. The van der Waals surface area contributed by atoms with Crippen LogP contribution in [-0.2, 0) is 0 Å². The number of amides is 1. The largest absolute Gasteiger partial charge is 0.348 e. The second kappa shape index (κ2) is 6.27. The zero-order chi connectivity index (χ0) is 13.9. The fraction of sp³-hybridized carbons (Fsp3) is 0.688. The number of aryl methyl sites for hydroxylation is 1. The van der Waals surface area contributed by atoms with Gasteiger partial charge in [0.2, 0.25) is 0 Å². The van der Waals surface area contributed by atoms with Crippen molar-refractivity contribution in [3.05, 3.63) is 21.9 Å². The van der Waals surface area contributed by atoms with Gasteiger partial charge in [-0.2, -0.15) is 0 Å². The van der Waals surface area contributed by atoms with Gasteiger partial charge in [0.25, 0.3) is 5.91 Å². The van der Waals surface area contributed by atoms with E-state index in [1.165, 1.54) is 37.0 Å². The molecule has 0 radical (unpaired) electrons. The Morgan fingerprint density at radius 3 is 2.70 bits per heavy atom. The van der Waals surface area contributed by atoms with Gasteiger partial charge in [-0.05, 0) is 76.1 Å². The number of carbonyl (C=O) groups is 1. The monoisotopic (exact) mass is 292 g/mol. The van der Waals surface area contributed by atoms with E-state index in [0.717, 1.165) is 29.8 Å². The molecule has 20 heavy (non-hydrogen) atoms. The summed E-state index contributed by atoms with van der Waals surface area (Å²) in [5.41, 5.74) is 0. The SMILES string of the molecule is Cc1ccc(C(=O)NC(CC2CCNCC2)C2CC2)s1. The van der Waals surface area contributed by atoms with Crippen molar-refractivity contribution in [3.8, 4) is 0 Å². The highest BCUT2D eigenvalue weighted by molar-refractivity contribution is 7.13. The topological polar surface area (TPSA) is 41.1 Å². The Bertz CT molecular complexity index is 461. The number of hydrogen-bond acceptors (Lipinski definition) is 3. The molecule has 2 heterocycles. The molecule has 2 aliphatic rings. The third-order valence-electron chi connectivity index (χ3n) is 4.52.